The van der Waals surface area contributed by atoms with Gasteiger partial charge >= 0.3 is 0 Å². The van der Waals surface area contributed by atoms with Crippen molar-refractivity contribution in [1.29, 1.82) is 0 Å². The second kappa shape index (κ2) is 7.20. The first-order valence-electron chi connectivity index (χ1n) is 8.14. The Kier molecular flexibility index (Phi) is 5.29. The number of ether oxygens (including phenoxy) is 1. The van der Waals surface area contributed by atoms with Crippen LogP contribution in [0.25, 0.3) is 0 Å². The molecule has 2 fully saturated rings. The van der Waals surface area contributed by atoms with Crippen LogP contribution in [-0.4, -0.2) is 61.3 Å². The number of hydrogen-bond donors (Lipinski definition) is 1. The summed E-state index contributed by atoms with van der Waals surface area (Å²) in [6.07, 6.45) is 2.29. The summed E-state index contributed by atoms with van der Waals surface area (Å²) in [6, 6.07) is 5.69. The molecule has 3 unspecified atom stereocenters. The molecule has 0 amide bonds. The Morgan fingerprint density at radius 3 is 2.86 bits per heavy atom. The lowest BCUT2D eigenvalue weighted by molar-refractivity contribution is 0.0173. The molecule has 1 aromatic rings. The van der Waals surface area contributed by atoms with Gasteiger partial charge in [0.15, 0.2) is 0 Å². The highest BCUT2D eigenvalue weighted by Crippen LogP contribution is 2.32. The summed E-state index contributed by atoms with van der Waals surface area (Å²) in [5, 5.41) is 2.17. The van der Waals surface area contributed by atoms with Crippen molar-refractivity contribution in [2.75, 3.05) is 39.4 Å². The van der Waals surface area contributed by atoms with Crippen molar-refractivity contribution in [3.05, 3.63) is 22.4 Å². The number of likely N-dealkylation sites (tertiary alicyclic amines) is 1. The predicted molar refractivity (Wildman–Crippen MR) is 87.7 cm³/mol. The zero-order valence-electron chi connectivity index (χ0n) is 12.9. The molecule has 2 aliphatic rings. The normalized spacial score (nSPS) is 27.8. The number of morpholine rings is 1. The summed E-state index contributed by atoms with van der Waals surface area (Å²) >= 11 is 1.84. The summed E-state index contributed by atoms with van der Waals surface area (Å²) in [5.74, 6) is 0. The van der Waals surface area contributed by atoms with Crippen molar-refractivity contribution in [3.63, 3.8) is 0 Å². The molecule has 2 N–H and O–H groups in total. The second-order valence-electron chi connectivity index (χ2n) is 6.12. The Morgan fingerprint density at radius 1 is 1.38 bits per heavy atom. The van der Waals surface area contributed by atoms with E-state index >= 15 is 0 Å². The van der Waals surface area contributed by atoms with Gasteiger partial charge in [0.1, 0.15) is 0 Å². The summed E-state index contributed by atoms with van der Waals surface area (Å²) in [7, 11) is 0. The van der Waals surface area contributed by atoms with Gasteiger partial charge in [0.2, 0.25) is 0 Å². The third kappa shape index (κ3) is 3.48. The first-order valence-corrected chi connectivity index (χ1v) is 9.02. The molecule has 0 spiro atoms. The minimum absolute atomic E-state index is 0.229. The Labute approximate surface area is 131 Å². The average Bonchev–Trinajstić information content (AvgIpc) is 3.20. The van der Waals surface area contributed by atoms with Crippen LogP contribution in [0, 0.1) is 0 Å². The molecule has 4 nitrogen and oxygen atoms in total. The molecule has 118 valence electrons. The largest absolute Gasteiger partial charge is 0.379 e. The van der Waals surface area contributed by atoms with Gasteiger partial charge in [-0.25, -0.2) is 0 Å². The zero-order valence-corrected chi connectivity index (χ0v) is 13.7. The smallest absolute Gasteiger partial charge is 0.0594 e. The van der Waals surface area contributed by atoms with Crippen molar-refractivity contribution in [2.45, 2.75) is 37.9 Å². The van der Waals surface area contributed by atoms with Crippen LogP contribution in [0.2, 0.25) is 0 Å². The molecule has 21 heavy (non-hydrogen) atoms. The van der Waals surface area contributed by atoms with Crippen LogP contribution in [0.4, 0.5) is 0 Å². The van der Waals surface area contributed by atoms with E-state index in [0.717, 1.165) is 45.8 Å². The van der Waals surface area contributed by atoms with Gasteiger partial charge in [0, 0.05) is 43.1 Å². The third-order valence-electron chi connectivity index (χ3n) is 4.86. The van der Waals surface area contributed by atoms with E-state index in [4.69, 9.17) is 10.5 Å². The third-order valence-corrected chi connectivity index (χ3v) is 5.80. The van der Waals surface area contributed by atoms with Crippen LogP contribution in [0.1, 0.15) is 30.7 Å². The van der Waals surface area contributed by atoms with Crippen LogP contribution >= 0.6 is 11.3 Å². The van der Waals surface area contributed by atoms with Crippen LogP contribution < -0.4 is 5.73 Å². The van der Waals surface area contributed by atoms with Gasteiger partial charge in [0.25, 0.3) is 0 Å². The molecule has 0 bridgehead atoms. The Bertz CT molecular complexity index is 419. The van der Waals surface area contributed by atoms with E-state index < -0.39 is 0 Å². The van der Waals surface area contributed by atoms with Gasteiger partial charge in [-0.3, -0.25) is 9.80 Å². The molecule has 0 aliphatic carbocycles. The van der Waals surface area contributed by atoms with Crippen LogP contribution in [0.3, 0.4) is 0 Å². The molecule has 5 heteroatoms. The van der Waals surface area contributed by atoms with E-state index in [9.17, 15) is 0 Å². The number of nitrogens with zero attached hydrogens (tertiary/aromatic N) is 2. The van der Waals surface area contributed by atoms with Gasteiger partial charge in [-0.15, -0.1) is 11.3 Å². The second-order valence-corrected chi connectivity index (χ2v) is 7.10. The average molecular weight is 309 g/mol. The zero-order chi connectivity index (χ0) is 14.7. The highest BCUT2D eigenvalue weighted by Gasteiger charge is 2.35. The standard InChI is InChI=1S/C16H27N3OS/c1-2-14(17)16(15-4-3-11-21-15)19-6-5-13(12-19)18-7-9-20-10-8-18/h3-4,11,13-14,16H,2,5-10,12,17H2,1H3. The van der Waals surface area contributed by atoms with Gasteiger partial charge in [-0.05, 0) is 24.3 Å². The van der Waals surface area contributed by atoms with E-state index in [0.29, 0.717) is 12.1 Å². The fourth-order valence-corrected chi connectivity index (χ4v) is 4.54. The lowest BCUT2D eigenvalue weighted by atomic mass is 10.0. The van der Waals surface area contributed by atoms with Crippen molar-refractivity contribution in [1.82, 2.24) is 9.80 Å². The van der Waals surface area contributed by atoms with E-state index in [-0.39, 0.29) is 6.04 Å². The Hall–Kier alpha value is -0.460. The van der Waals surface area contributed by atoms with Gasteiger partial charge in [-0.1, -0.05) is 13.0 Å². The summed E-state index contributed by atoms with van der Waals surface area (Å²) in [5.41, 5.74) is 6.44. The van der Waals surface area contributed by atoms with Gasteiger partial charge in [0.05, 0.1) is 19.3 Å². The molecule has 3 heterocycles. The molecule has 1 aromatic heterocycles. The minimum Gasteiger partial charge on any atom is -0.379 e. The van der Waals surface area contributed by atoms with Crippen molar-refractivity contribution in [3.8, 4) is 0 Å². The van der Waals surface area contributed by atoms with Crippen LogP contribution in [0.5, 0.6) is 0 Å². The maximum Gasteiger partial charge on any atom is 0.0594 e. The first-order chi connectivity index (χ1) is 10.3. The van der Waals surface area contributed by atoms with E-state index in [1.54, 1.807) is 0 Å². The fraction of sp³-hybridized carbons (Fsp3) is 0.750. The molecule has 2 saturated heterocycles. The molecule has 0 radical (unpaired) electrons. The maximum atomic E-state index is 6.44. The number of rotatable bonds is 5. The van der Waals surface area contributed by atoms with Crippen molar-refractivity contribution >= 4 is 11.3 Å². The molecular formula is C16H27N3OS. The molecule has 3 atom stereocenters. The lowest BCUT2D eigenvalue weighted by Gasteiger charge is -2.34. The monoisotopic (exact) mass is 309 g/mol. The molecule has 0 aromatic carbocycles. The highest BCUT2D eigenvalue weighted by molar-refractivity contribution is 7.10. The van der Waals surface area contributed by atoms with Crippen molar-refractivity contribution < 1.29 is 4.74 Å². The highest BCUT2D eigenvalue weighted by atomic mass is 32.1. The number of hydrogen-bond acceptors (Lipinski definition) is 5. The number of thiophene rings is 1. The maximum absolute atomic E-state index is 6.44. The molecule has 2 aliphatic heterocycles. The predicted octanol–water partition coefficient (Wildman–Crippen LogP) is 1.93. The lowest BCUT2D eigenvalue weighted by Crippen LogP contribution is -2.46. The fourth-order valence-electron chi connectivity index (χ4n) is 3.61. The van der Waals surface area contributed by atoms with Gasteiger partial charge < -0.3 is 10.5 Å². The van der Waals surface area contributed by atoms with Crippen LogP contribution in [-0.2, 0) is 4.74 Å². The topological polar surface area (TPSA) is 41.7 Å². The van der Waals surface area contributed by atoms with Gasteiger partial charge in [-0.2, -0.15) is 0 Å². The van der Waals surface area contributed by atoms with Crippen LogP contribution in [0.15, 0.2) is 17.5 Å². The summed E-state index contributed by atoms with van der Waals surface area (Å²) in [4.78, 5) is 6.64. The minimum atomic E-state index is 0.229. The number of nitrogens with two attached hydrogens (primary N) is 1. The van der Waals surface area contributed by atoms with Crippen molar-refractivity contribution in [2.24, 2.45) is 5.73 Å². The van der Waals surface area contributed by atoms with E-state index in [2.05, 4.69) is 34.2 Å². The Morgan fingerprint density at radius 2 is 2.19 bits per heavy atom. The Balaban J connectivity index is 1.67. The molecular weight excluding hydrogens is 282 g/mol. The summed E-state index contributed by atoms with van der Waals surface area (Å²) < 4.78 is 5.47. The molecule has 0 saturated carbocycles. The molecule has 3 rings (SSSR count). The first kappa shape index (κ1) is 15.4. The SMILES string of the molecule is CCC(N)C(c1cccs1)N1CCC(N2CCOCC2)C1. The van der Waals surface area contributed by atoms with E-state index in [1.165, 1.54) is 11.3 Å². The summed E-state index contributed by atoms with van der Waals surface area (Å²) in [6.45, 7) is 8.46. The van der Waals surface area contributed by atoms with E-state index in [1.807, 2.05) is 11.3 Å². The quantitative estimate of drug-likeness (QED) is 0.902.